The van der Waals surface area contributed by atoms with E-state index in [1.807, 2.05) is 6.07 Å². The maximum absolute atomic E-state index is 14.4. The molecule has 0 aliphatic rings. The van der Waals surface area contributed by atoms with Crippen LogP contribution in [0.25, 0.3) is 16.9 Å². The van der Waals surface area contributed by atoms with Gasteiger partial charge in [-0.25, -0.2) is 9.07 Å². The Morgan fingerprint density at radius 1 is 1.08 bits per heavy atom. The van der Waals surface area contributed by atoms with Gasteiger partial charge in [0.1, 0.15) is 17.3 Å². The molecule has 0 radical (unpaired) electrons. The number of anilines is 1. The van der Waals surface area contributed by atoms with Crippen molar-refractivity contribution in [3.8, 4) is 16.9 Å². The van der Waals surface area contributed by atoms with Gasteiger partial charge in [-0.1, -0.05) is 41.4 Å². The molecule has 12 heteroatoms. The summed E-state index contributed by atoms with van der Waals surface area (Å²) in [7, 11) is 1.43. The number of aliphatic hydroxyl groups is 1. The lowest BCUT2D eigenvalue weighted by Crippen LogP contribution is -2.34. The van der Waals surface area contributed by atoms with Crippen LogP contribution in [-0.2, 0) is 4.74 Å². The second-order valence-electron chi connectivity index (χ2n) is 8.08. The van der Waals surface area contributed by atoms with E-state index in [0.717, 1.165) is 0 Å². The Kier molecular flexibility index (Phi) is 8.70. The number of aromatic nitrogens is 3. The van der Waals surface area contributed by atoms with E-state index >= 15 is 0 Å². The number of halogens is 3. The van der Waals surface area contributed by atoms with Crippen LogP contribution in [0.3, 0.4) is 0 Å². The second-order valence-corrected chi connectivity index (χ2v) is 8.90. The van der Waals surface area contributed by atoms with E-state index in [9.17, 15) is 19.1 Å². The van der Waals surface area contributed by atoms with Gasteiger partial charge < -0.3 is 20.5 Å². The smallest absolute Gasteiger partial charge is 0.271 e. The standard InChI is InChI=1S/C26H22Cl2FN5O4/c1-38-14-16(35)13-31-26(37)22-12-23(34(33-22)15-6-3-2-4-7-15)32-25(36)18-10-17(19(27)11-20(18)28)24-21(29)8-5-9-30-24/h2-12,16,35H,13-14H2,1H3,(H,31,37)(H,32,36)/t16-/m1/s1. The highest BCUT2D eigenvalue weighted by Gasteiger charge is 2.22. The number of aliphatic hydroxyl groups excluding tert-OH is 1. The third-order valence-corrected chi connectivity index (χ3v) is 5.98. The largest absolute Gasteiger partial charge is 0.389 e. The van der Waals surface area contributed by atoms with Crippen molar-refractivity contribution in [1.82, 2.24) is 20.1 Å². The number of hydrogen-bond donors (Lipinski definition) is 3. The number of para-hydroxylation sites is 1. The molecule has 0 aliphatic heterocycles. The zero-order chi connectivity index (χ0) is 27.2. The number of carbonyl (C=O) groups excluding carboxylic acids is 2. The molecule has 196 valence electrons. The molecule has 0 saturated carbocycles. The summed E-state index contributed by atoms with van der Waals surface area (Å²) in [6.45, 7) is -0.00785. The normalized spacial score (nSPS) is 11.7. The third kappa shape index (κ3) is 6.17. The molecule has 0 aliphatic carbocycles. The Balaban J connectivity index is 1.66. The number of nitrogens with one attached hydrogen (secondary N) is 2. The van der Waals surface area contributed by atoms with Gasteiger partial charge in [0.25, 0.3) is 11.8 Å². The number of amides is 2. The van der Waals surface area contributed by atoms with Crippen LogP contribution in [0.5, 0.6) is 0 Å². The minimum Gasteiger partial charge on any atom is -0.389 e. The zero-order valence-corrected chi connectivity index (χ0v) is 21.5. The second kappa shape index (κ2) is 12.1. The molecule has 2 amide bonds. The number of methoxy groups -OCH3 is 1. The predicted molar refractivity (Wildman–Crippen MR) is 141 cm³/mol. The van der Waals surface area contributed by atoms with Crippen LogP contribution in [-0.4, -0.2) is 58.1 Å². The summed E-state index contributed by atoms with van der Waals surface area (Å²) in [5.41, 5.74) is 0.718. The van der Waals surface area contributed by atoms with Crippen LogP contribution in [0.4, 0.5) is 10.2 Å². The van der Waals surface area contributed by atoms with Crippen LogP contribution in [0.15, 0.2) is 66.9 Å². The lowest BCUT2D eigenvalue weighted by atomic mass is 10.1. The van der Waals surface area contributed by atoms with Gasteiger partial charge in [0.15, 0.2) is 5.69 Å². The van der Waals surface area contributed by atoms with Gasteiger partial charge in [-0.05, 0) is 36.4 Å². The summed E-state index contributed by atoms with van der Waals surface area (Å²) in [5.74, 6) is -1.66. The average Bonchev–Trinajstić information content (AvgIpc) is 3.32. The fourth-order valence-electron chi connectivity index (χ4n) is 3.57. The molecule has 0 spiro atoms. The molecular formula is C26H22Cl2FN5O4. The quantitative estimate of drug-likeness (QED) is 0.281. The Bertz CT molecular complexity index is 1470. The van der Waals surface area contributed by atoms with Crippen LogP contribution >= 0.6 is 23.2 Å². The van der Waals surface area contributed by atoms with Gasteiger partial charge in [-0.2, -0.15) is 5.10 Å². The first kappa shape index (κ1) is 27.2. The number of carbonyl (C=O) groups is 2. The summed E-state index contributed by atoms with van der Waals surface area (Å²) in [4.78, 5) is 30.0. The molecule has 0 fully saturated rings. The van der Waals surface area contributed by atoms with Crippen LogP contribution in [0.1, 0.15) is 20.8 Å². The van der Waals surface area contributed by atoms with Gasteiger partial charge in [-0.3, -0.25) is 14.6 Å². The molecular weight excluding hydrogens is 536 g/mol. The van der Waals surface area contributed by atoms with Crippen molar-refractivity contribution in [3.05, 3.63) is 94.0 Å². The molecule has 2 aromatic heterocycles. The van der Waals surface area contributed by atoms with Gasteiger partial charge in [0.2, 0.25) is 0 Å². The van der Waals surface area contributed by atoms with E-state index in [1.54, 1.807) is 24.3 Å². The summed E-state index contributed by atoms with van der Waals surface area (Å²) in [5, 5.41) is 19.6. The van der Waals surface area contributed by atoms with E-state index in [2.05, 4.69) is 20.7 Å². The number of benzene rings is 2. The third-order valence-electron chi connectivity index (χ3n) is 5.36. The van der Waals surface area contributed by atoms with E-state index in [1.165, 1.54) is 48.3 Å². The molecule has 9 nitrogen and oxygen atoms in total. The lowest BCUT2D eigenvalue weighted by molar-refractivity contribution is 0.0608. The summed E-state index contributed by atoms with van der Waals surface area (Å²) in [6, 6.07) is 15.6. The minimum absolute atomic E-state index is 0.00520. The molecule has 4 aromatic rings. The summed E-state index contributed by atoms with van der Waals surface area (Å²) < 4.78 is 20.6. The topological polar surface area (TPSA) is 118 Å². The molecule has 2 heterocycles. The van der Waals surface area contributed by atoms with E-state index in [-0.39, 0.29) is 51.5 Å². The van der Waals surface area contributed by atoms with Crippen molar-refractivity contribution < 1.29 is 23.8 Å². The first-order valence-corrected chi connectivity index (χ1v) is 12.1. The van der Waals surface area contributed by atoms with Crippen molar-refractivity contribution in [1.29, 1.82) is 0 Å². The molecule has 0 bridgehead atoms. The molecule has 2 aromatic carbocycles. The average molecular weight is 558 g/mol. The van der Waals surface area contributed by atoms with Crippen LogP contribution in [0.2, 0.25) is 10.0 Å². The molecule has 4 rings (SSSR count). The van der Waals surface area contributed by atoms with Crippen molar-refractivity contribution in [2.75, 3.05) is 25.6 Å². The Hall–Kier alpha value is -3.83. The number of hydrogen-bond acceptors (Lipinski definition) is 6. The van der Waals surface area contributed by atoms with Gasteiger partial charge in [0, 0.05) is 31.5 Å². The SMILES string of the molecule is COC[C@H](O)CNC(=O)c1cc(NC(=O)c2cc(-c3ncccc3F)c(Cl)cc2Cl)n(-c2ccccc2)n1. The highest BCUT2D eigenvalue weighted by molar-refractivity contribution is 6.38. The van der Waals surface area contributed by atoms with E-state index < -0.39 is 23.7 Å². The zero-order valence-electron chi connectivity index (χ0n) is 20.0. The molecule has 1 atom stereocenters. The fourth-order valence-corrected chi connectivity index (χ4v) is 4.13. The van der Waals surface area contributed by atoms with E-state index in [0.29, 0.717) is 5.69 Å². The van der Waals surface area contributed by atoms with Crippen molar-refractivity contribution >= 4 is 40.8 Å². The van der Waals surface area contributed by atoms with Crippen molar-refractivity contribution in [3.63, 3.8) is 0 Å². The number of pyridine rings is 1. The molecule has 3 N–H and O–H groups in total. The molecule has 0 saturated heterocycles. The van der Waals surface area contributed by atoms with Crippen LogP contribution < -0.4 is 10.6 Å². The van der Waals surface area contributed by atoms with E-state index in [4.69, 9.17) is 27.9 Å². The molecule has 38 heavy (non-hydrogen) atoms. The van der Waals surface area contributed by atoms with Crippen molar-refractivity contribution in [2.45, 2.75) is 6.10 Å². The summed E-state index contributed by atoms with van der Waals surface area (Å²) in [6.07, 6.45) is 0.507. The Morgan fingerprint density at radius 2 is 1.84 bits per heavy atom. The first-order valence-electron chi connectivity index (χ1n) is 11.3. The predicted octanol–water partition coefficient (Wildman–Crippen LogP) is 4.37. The summed E-state index contributed by atoms with van der Waals surface area (Å²) >= 11 is 12.6. The Labute approximate surface area is 227 Å². The number of ether oxygens (including phenoxy) is 1. The highest BCUT2D eigenvalue weighted by atomic mass is 35.5. The maximum Gasteiger partial charge on any atom is 0.271 e. The maximum atomic E-state index is 14.4. The Morgan fingerprint density at radius 3 is 2.55 bits per heavy atom. The molecule has 0 unspecified atom stereocenters. The van der Waals surface area contributed by atoms with Crippen molar-refractivity contribution in [2.24, 2.45) is 0 Å². The lowest BCUT2D eigenvalue weighted by Gasteiger charge is -2.12. The fraction of sp³-hybridized carbons (Fsp3) is 0.154. The number of rotatable bonds is 9. The monoisotopic (exact) mass is 557 g/mol. The first-order chi connectivity index (χ1) is 18.3. The van der Waals surface area contributed by atoms with Gasteiger partial charge in [-0.15, -0.1) is 0 Å². The highest BCUT2D eigenvalue weighted by Crippen LogP contribution is 2.33. The van der Waals surface area contributed by atoms with Gasteiger partial charge in [0.05, 0.1) is 34.0 Å². The van der Waals surface area contributed by atoms with Crippen LogP contribution in [0, 0.1) is 5.82 Å². The number of nitrogens with zero attached hydrogens (tertiary/aromatic N) is 3. The van der Waals surface area contributed by atoms with Gasteiger partial charge >= 0.3 is 0 Å². The minimum atomic E-state index is -0.899.